The molecule has 38 heavy (non-hydrogen) atoms. The zero-order valence-corrected chi connectivity index (χ0v) is 21.1. The molecule has 0 aliphatic heterocycles. The Morgan fingerprint density at radius 2 is 1.71 bits per heavy atom. The molecule has 0 atom stereocenters. The number of aromatic nitrogens is 5. The highest BCUT2D eigenvalue weighted by molar-refractivity contribution is 6.01. The summed E-state index contributed by atoms with van der Waals surface area (Å²) in [6.45, 7) is 5.59. The van der Waals surface area contributed by atoms with Crippen molar-refractivity contribution in [1.29, 1.82) is 0 Å². The summed E-state index contributed by atoms with van der Waals surface area (Å²) >= 11 is 0. The number of aromatic amines is 2. The maximum atomic E-state index is 13.9. The molecule has 7 nitrogen and oxygen atoms in total. The van der Waals surface area contributed by atoms with Crippen molar-refractivity contribution in [1.82, 2.24) is 25.1 Å². The minimum absolute atomic E-state index is 0.0847. The van der Waals surface area contributed by atoms with E-state index in [2.05, 4.69) is 30.5 Å². The highest BCUT2D eigenvalue weighted by atomic mass is 19.1. The van der Waals surface area contributed by atoms with E-state index < -0.39 is 5.41 Å². The second kappa shape index (κ2) is 8.92. The van der Waals surface area contributed by atoms with Crippen molar-refractivity contribution in [2.75, 3.05) is 5.32 Å². The second-order valence-corrected chi connectivity index (χ2v) is 10.3. The van der Waals surface area contributed by atoms with E-state index in [1.807, 2.05) is 63.2 Å². The van der Waals surface area contributed by atoms with Crippen LogP contribution in [0, 0.1) is 11.2 Å². The monoisotopic (exact) mass is 504 g/mol. The Labute approximate surface area is 218 Å². The summed E-state index contributed by atoms with van der Waals surface area (Å²) in [6.07, 6.45) is 5.11. The van der Waals surface area contributed by atoms with Gasteiger partial charge in [0, 0.05) is 45.2 Å². The molecule has 0 saturated heterocycles. The van der Waals surface area contributed by atoms with E-state index in [-0.39, 0.29) is 11.7 Å². The molecule has 8 heteroatoms. The summed E-state index contributed by atoms with van der Waals surface area (Å²) in [4.78, 5) is 24.8. The summed E-state index contributed by atoms with van der Waals surface area (Å²) in [5.74, 6) is -0.358. The van der Waals surface area contributed by atoms with Crippen LogP contribution in [0.2, 0.25) is 0 Å². The maximum Gasteiger partial charge on any atom is 0.229 e. The van der Waals surface area contributed by atoms with E-state index in [4.69, 9.17) is 0 Å². The molecular weight excluding hydrogens is 479 g/mol. The van der Waals surface area contributed by atoms with Gasteiger partial charge < -0.3 is 10.3 Å². The lowest BCUT2D eigenvalue weighted by molar-refractivity contribution is -0.123. The number of halogens is 1. The van der Waals surface area contributed by atoms with E-state index in [1.54, 1.807) is 24.7 Å². The number of fused-ring (bicyclic) bond motifs is 2. The fourth-order valence-corrected chi connectivity index (χ4v) is 4.45. The molecule has 188 valence electrons. The number of benzene rings is 2. The predicted molar refractivity (Wildman–Crippen MR) is 148 cm³/mol. The average Bonchev–Trinajstić information content (AvgIpc) is 3.52. The molecule has 2 aromatic carbocycles. The van der Waals surface area contributed by atoms with Gasteiger partial charge in [-0.25, -0.2) is 9.37 Å². The van der Waals surface area contributed by atoms with Crippen LogP contribution in [0.15, 0.2) is 79.3 Å². The molecule has 6 rings (SSSR count). The Balaban J connectivity index is 1.40. The van der Waals surface area contributed by atoms with E-state index >= 15 is 0 Å². The largest absolute Gasteiger partial charge is 0.353 e. The molecule has 0 aliphatic carbocycles. The number of nitrogens with one attached hydrogen (secondary N) is 3. The summed E-state index contributed by atoms with van der Waals surface area (Å²) in [5.41, 5.74) is 6.66. The molecule has 0 fully saturated rings. The fourth-order valence-electron chi connectivity index (χ4n) is 4.45. The number of H-pyrrole nitrogens is 2. The minimum Gasteiger partial charge on any atom is -0.353 e. The number of hydrogen-bond donors (Lipinski definition) is 3. The molecule has 0 saturated carbocycles. The van der Waals surface area contributed by atoms with Crippen LogP contribution in [-0.2, 0) is 4.79 Å². The van der Waals surface area contributed by atoms with Gasteiger partial charge in [0.05, 0.1) is 23.3 Å². The van der Waals surface area contributed by atoms with Gasteiger partial charge in [0.1, 0.15) is 5.82 Å². The fraction of sp³-hybridized carbons (Fsp3) is 0.133. The highest BCUT2D eigenvalue weighted by Crippen LogP contribution is 2.35. The Bertz CT molecular complexity index is 1830. The van der Waals surface area contributed by atoms with Crippen molar-refractivity contribution in [3.8, 4) is 33.6 Å². The Morgan fingerprint density at radius 3 is 2.53 bits per heavy atom. The molecule has 0 unspecified atom stereocenters. The first-order valence-corrected chi connectivity index (χ1v) is 12.3. The van der Waals surface area contributed by atoms with Crippen molar-refractivity contribution < 1.29 is 9.18 Å². The quantitative estimate of drug-likeness (QED) is 0.242. The summed E-state index contributed by atoms with van der Waals surface area (Å²) in [7, 11) is 0. The third kappa shape index (κ3) is 4.30. The van der Waals surface area contributed by atoms with Gasteiger partial charge in [-0.3, -0.25) is 14.9 Å². The van der Waals surface area contributed by atoms with E-state index in [0.29, 0.717) is 11.3 Å². The average molecular weight is 505 g/mol. The molecular formula is C30H25FN6O. The van der Waals surface area contributed by atoms with Crippen LogP contribution in [0.4, 0.5) is 10.1 Å². The lowest BCUT2D eigenvalue weighted by Crippen LogP contribution is -2.27. The van der Waals surface area contributed by atoms with Crippen molar-refractivity contribution in [2.24, 2.45) is 5.41 Å². The molecule has 1 amide bonds. The van der Waals surface area contributed by atoms with Gasteiger partial charge in [0.2, 0.25) is 5.91 Å². The third-order valence-corrected chi connectivity index (χ3v) is 6.49. The van der Waals surface area contributed by atoms with E-state index in [0.717, 1.165) is 49.9 Å². The number of nitrogens with zero attached hydrogens (tertiary/aromatic N) is 3. The maximum absolute atomic E-state index is 13.9. The van der Waals surface area contributed by atoms with Gasteiger partial charge in [0.15, 0.2) is 5.65 Å². The topological polar surface area (TPSA) is 99.3 Å². The molecule has 3 N–H and O–H groups in total. The van der Waals surface area contributed by atoms with Gasteiger partial charge in [0.25, 0.3) is 0 Å². The minimum atomic E-state index is -0.518. The van der Waals surface area contributed by atoms with Crippen LogP contribution in [0.1, 0.15) is 20.8 Å². The van der Waals surface area contributed by atoms with Gasteiger partial charge in [-0.2, -0.15) is 5.10 Å². The van der Waals surface area contributed by atoms with Crippen LogP contribution >= 0.6 is 0 Å². The number of amides is 1. The lowest BCUT2D eigenvalue weighted by atomic mass is 9.95. The van der Waals surface area contributed by atoms with Crippen LogP contribution < -0.4 is 5.32 Å². The number of rotatable bonds is 4. The third-order valence-electron chi connectivity index (χ3n) is 6.49. The number of hydrogen-bond acceptors (Lipinski definition) is 4. The first kappa shape index (κ1) is 23.5. The van der Waals surface area contributed by atoms with Crippen LogP contribution in [0.5, 0.6) is 0 Å². The first-order valence-electron chi connectivity index (χ1n) is 12.3. The van der Waals surface area contributed by atoms with Gasteiger partial charge >= 0.3 is 0 Å². The van der Waals surface area contributed by atoms with Gasteiger partial charge in [-0.15, -0.1) is 0 Å². The number of anilines is 1. The van der Waals surface area contributed by atoms with Gasteiger partial charge in [-0.05, 0) is 47.5 Å². The molecule has 4 aromatic heterocycles. The Hall–Kier alpha value is -4.85. The molecule has 0 aliphatic rings. The van der Waals surface area contributed by atoms with Crippen molar-refractivity contribution >= 4 is 33.5 Å². The summed E-state index contributed by atoms with van der Waals surface area (Å²) < 4.78 is 13.9. The number of carbonyl (C=O) groups excluding carboxylic acids is 1. The van der Waals surface area contributed by atoms with Crippen LogP contribution in [0.25, 0.3) is 55.6 Å². The van der Waals surface area contributed by atoms with Crippen molar-refractivity contribution in [2.45, 2.75) is 20.8 Å². The SMILES string of the molecule is CC(C)(C)C(=O)Nc1cncc(-c2cnc3n[nH]c(-c4cc5c(-c6cccc(F)c6)cccc5[nH]4)c3c2)c1. The van der Waals surface area contributed by atoms with Crippen LogP contribution in [-0.4, -0.2) is 31.1 Å². The standard InChI is InChI=1S/C30H25FN6O/c1-30(2,3)29(38)34-21-11-18(14-32-16-21)19-12-24-27(36-37-28(24)33-15-19)26-13-23-22(8-5-9-25(23)35-26)17-6-4-7-20(31)10-17/h4-16,35H,1-3H3,(H,34,38)(H,33,36,37). The second-order valence-electron chi connectivity index (χ2n) is 10.3. The van der Waals surface area contributed by atoms with E-state index in [9.17, 15) is 9.18 Å². The normalized spacial score (nSPS) is 11.8. The zero-order valence-electron chi connectivity index (χ0n) is 21.1. The summed E-state index contributed by atoms with van der Waals surface area (Å²) in [6, 6.07) is 18.5. The lowest BCUT2D eigenvalue weighted by Gasteiger charge is -2.17. The van der Waals surface area contributed by atoms with E-state index in [1.165, 1.54) is 12.1 Å². The molecule has 0 radical (unpaired) electrons. The number of carbonyl (C=O) groups is 1. The first-order chi connectivity index (χ1) is 18.3. The smallest absolute Gasteiger partial charge is 0.229 e. The number of pyridine rings is 2. The molecule has 4 heterocycles. The van der Waals surface area contributed by atoms with Crippen molar-refractivity contribution in [3.05, 3.63) is 85.1 Å². The summed E-state index contributed by atoms with van der Waals surface area (Å²) in [5, 5.41) is 12.3. The Kier molecular flexibility index (Phi) is 5.52. The molecule has 0 spiro atoms. The van der Waals surface area contributed by atoms with Crippen LogP contribution in [0.3, 0.4) is 0 Å². The molecule has 0 bridgehead atoms. The zero-order chi connectivity index (χ0) is 26.4. The molecule has 6 aromatic rings. The highest BCUT2D eigenvalue weighted by Gasteiger charge is 2.21. The Morgan fingerprint density at radius 1 is 0.895 bits per heavy atom. The predicted octanol–water partition coefficient (Wildman–Crippen LogP) is 6.96. The van der Waals surface area contributed by atoms with Crippen molar-refractivity contribution in [3.63, 3.8) is 0 Å². The van der Waals surface area contributed by atoms with Gasteiger partial charge in [-0.1, -0.05) is 45.0 Å².